The summed E-state index contributed by atoms with van der Waals surface area (Å²) in [6.45, 7) is 4.69. The molecule has 0 unspecified atom stereocenters. The van der Waals surface area contributed by atoms with Crippen LogP contribution in [0.1, 0.15) is 39.0 Å². The van der Waals surface area contributed by atoms with E-state index < -0.39 is 21.6 Å². The van der Waals surface area contributed by atoms with E-state index in [1.165, 1.54) is 40.0 Å². The molecule has 0 radical (unpaired) electrons. The zero-order chi connectivity index (χ0) is 18.5. The summed E-state index contributed by atoms with van der Waals surface area (Å²) in [7, 11) is -1.99. The van der Waals surface area contributed by atoms with Crippen molar-refractivity contribution in [3.63, 3.8) is 0 Å². The SMILES string of the molecule is C[C@H]1C[C@]2(CCN1CC1CCC1)CN(C)S(=O)(=O)N2c1cccc(F)c1. The minimum absolute atomic E-state index is 0.321. The smallest absolute Gasteiger partial charge is 0.300 e. The predicted octanol–water partition coefficient (Wildman–Crippen LogP) is 2.85. The van der Waals surface area contributed by atoms with Crippen LogP contribution in [0.4, 0.5) is 10.1 Å². The van der Waals surface area contributed by atoms with Crippen molar-refractivity contribution in [3.8, 4) is 0 Å². The Bertz CT molecular complexity index is 783. The van der Waals surface area contributed by atoms with Crippen molar-refractivity contribution in [3.05, 3.63) is 30.1 Å². The number of anilines is 1. The van der Waals surface area contributed by atoms with E-state index in [2.05, 4.69) is 11.8 Å². The van der Waals surface area contributed by atoms with Gasteiger partial charge in [0.25, 0.3) is 0 Å². The summed E-state index contributed by atoms with van der Waals surface area (Å²) < 4.78 is 42.8. The Labute approximate surface area is 155 Å². The highest BCUT2D eigenvalue weighted by molar-refractivity contribution is 7.90. The molecule has 1 aromatic rings. The van der Waals surface area contributed by atoms with E-state index in [1.807, 2.05) is 0 Å². The summed E-state index contributed by atoms with van der Waals surface area (Å²) in [4.78, 5) is 2.52. The maximum atomic E-state index is 13.8. The molecule has 2 saturated heterocycles. The minimum atomic E-state index is -3.62. The minimum Gasteiger partial charge on any atom is -0.300 e. The first-order valence-corrected chi connectivity index (χ1v) is 11.0. The molecule has 3 fully saturated rings. The molecule has 2 atom stereocenters. The van der Waals surface area contributed by atoms with Gasteiger partial charge in [0.15, 0.2) is 0 Å². The number of piperidine rings is 1. The molecule has 0 amide bonds. The molecule has 0 N–H and O–H groups in total. The highest BCUT2D eigenvalue weighted by atomic mass is 32.2. The van der Waals surface area contributed by atoms with Gasteiger partial charge in [-0.25, -0.2) is 4.39 Å². The van der Waals surface area contributed by atoms with Crippen LogP contribution in [0.3, 0.4) is 0 Å². The predicted molar refractivity (Wildman–Crippen MR) is 101 cm³/mol. The van der Waals surface area contributed by atoms with Crippen LogP contribution in [0.25, 0.3) is 0 Å². The fourth-order valence-corrected chi connectivity index (χ4v) is 6.69. The van der Waals surface area contributed by atoms with Gasteiger partial charge >= 0.3 is 10.2 Å². The van der Waals surface area contributed by atoms with Crippen LogP contribution in [-0.2, 0) is 10.2 Å². The zero-order valence-corrected chi connectivity index (χ0v) is 16.4. The topological polar surface area (TPSA) is 43.9 Å². The average Bonchev–Trinajstić information content (AvgIpc) is 2.70. The number of rotatable bonds is 3. The Morgan fingerprint density at radius 3 is 2.69 bits per heavy atom. The summed E-state index contributed by atoms with van der Waals surface area (Å²) in [5.41, 5.74) is -0.0503. The van der Waals surface area contributed by atoms with Crippen LogP contribution in [0.2, 0.25) is 0 Å². The van der Waals surface area contributed by atoms with E-state index in [-0.39, 0.29) is 0 Å². The number of likely N-dealkylation sites (N-methyl/N-ethyl adjacent to an activating group) is 1. The Morgan fingerprint density at radius 2 is 2.08 bits per heavy atom. The fourth-order valence-electron chi connectivity index (χ4n) is 4.91. The molecule has 144 valence electrons. The van der Waals surface area contributed by atoms with Gasteiger partial charge in [0, 0.05) is 32.7 Å². The molecule has 26 heavy (non-hydrogen) atoms. The zero-order valence-electron chi connectivity index (χ0n) is 15.6. The lowest BCUT2D eigenvalue weighted by molar-refractivity contribution is 0.0746. The molecular formula is C19H28FN3O2S. The maximum absolute atomic E-state index is 13.8. The van der Waals surface area contributed by atoms with E-state index in [0.717, 1.165) is 31.8 Å². The average molecular weight is 382 g/mol. The summed E-state index contributed by atoms with van der Waals surface area (Å²) in [6, 6.07) is 6.30. The second-order valence-electron chi connectivity index (χ2n) is 8.33. The Kier molecular flexibility index (Phi) is 4.52. The normalized spacial score (nSPS) is 32.9. The van der Waals surface area contributed by atoms with E-state index >= 15 is 0 Å². The molecule has 4 rings (SSSR count). The van der Waals surface area contributed by atoms with Crippen molar-refractivity contribution < 1.29 is 12.8 Å². The van der Waals surface area contributed by atoms with Gasteiger partial charge in [-0.05, 0) is 56.7 Å². The third-order valence-electron chi connectivity index (χ3n) is 6.50. The van der Waals surface area contributed by atoms with Crippen molar-refractivity contribution in [1.82, 2.24) is 9.21 Å². The molecule has 7 heteroatoms. The molecule has 2 heterocycles. The van der Waals surface area contributed by atoms with Crippen LogP contribution < -0.4 is 4.31 Å². The van der Waals surface area contributed by atoms with Gasteiger partial charge in [0.1, 0.15) is 5.82 Å². The van der Waals surface area contributed by atoms with Gasteiger partial charge in [-0.15, -0.1) is 0 Å². The first-order valence-electron chi connectivity index (χ1n) is 9.58. The number of benzene rings is 1. The molecule has 3 aliphatic rings. The molecule has 1 spiro atoms. The van der Waals surface area contributed by atoms with Crippen LogP contribution in [0.15, 0.2) is 24.3 Å². The standard InChI is InChI=1S/C19H28FN3O2S/c1-15-12-19(9-10-22(15)13-16-5-3-6-16)14-21(2)26(24,25)23(19)18-8-4-7-17(20)11-18/h4,7-8,11,15-16H,3,5-6,9-10,12-14H2,1-2H3/t15-,19+/m0/s1. The number of hydrogen-bond acceptors (Lipinski definition) is 3. The van der Waals surface area contributed by atoms with Gasteiger partial charge < -0.3 is 4.90 Å². The maximum Gasteiger partial charge on any atom is 0.304 e. The van der Waals surface area contributed by atoms with Gasteiger partial charge in [-0.3, -0.25) is 4.31 Å². The highest BCUT2D eigenvalue weighted by Gasteiger charge is 2.55. The summed E-state index contributed by atoms with van der Waals surface area (Å²) >= 11 is 0. The molecule has 0 bridgehead atoms. The largest absolute Gasteiger partial charge is 0.304 e. The van der Waals surface area contributed by atoms with Gasteiger partial charge in [0.2, 0.25) is 0 Å². The monoisotopic (exact) mass is 381 g/mol. The fraction of sp³-hybridized carbons (Fsp3) is 0.684. The van der Waals surface area contributed by atoms with Gasteiger partial charge in [-0.2, -0.15) is 12.7 Å². The van der Waals surface area contributed by atoms with Crippen molar-refractivity contribution >= 4 is 15.9 Å². The van der Waals surface area contributed by atoms with Gasteiger partial charge in [0.05, 0.1) is 11.2 Å². The van der Waals surface area contributed by atoms with Crippen LogP contribution in [0.5, 0.6) is 0 Å². The highest BCUT2D eigenvalue weighted by Crippen LogP contribution is 2.44. The molecular weight excluding hydrogens is 353 g/mol. The first kappa shape index (κ1) is 18.2. The molecule has 1 saturated carbocycles. The Morgan fingerprint density at radius 1 is 1.31 bits per heavy atom. The van der Waals surface area contributed by atoms with Crippen LogP contribution in [0, 0.1) is 11.7 Å². The second kappa shape index (κ2) is 6.46. The number of hydrogen-bond donors (Lipinski definition) is 0. The Balaban J connectivity index is 1.63. The van der Waals surface area contributed by atoms with E-state index in [0.29, 0.717) is 18.3 Å². The lowest BCUT2D eigenvalue weighted by Gasteiger charge is -2.48. The molecule has 0 aromatic heterocycles. The lowest BCUT2D eigenvalue weighted by atomic mass is 9.80. The van der Waals surface area contributed by atoms with E-state index in [1.54, 1.807) is 19.2 Å². The van der Waals surface area contributed by atoms with E-state index in [4.69, 9.17) is 0 Å². The number of nitrogens with zero attached hydrogens (tertiary/aromatic N) is 3. The lowest BCUT2D eigenvalue weighted by Crippen LogP contribution is -2.58. The quantitative estimate of drug-likeness (QED) is 0.809. The molecule has 1 aliphatic carbocycles. The molecule has 5 nitrogen and oxygen atoms in total. The number of halogens is 1. The number of likely N-dealkylation sites (tertiary alicyclic amines) is 1. The second-order valence-corrected chi connectivity index (χ2v) is 10.2. The van der Waals surface area contributed by atoms with Crippen LogP contribution in [-0.4, -0.2) is 55.9 Å². The summed E-state index contributed by atoms with van der Waals surface area (Å²) in [6.07, 6.45) is 5.54. The molecule has 1 aromatic carbocycles. The van der Waals surface area contributed by atoms with E-state index in [9.17, 15) is 12.8 Å². The third-order valence-corrected chi connectivity index (χ3v) is 8.47. The van der Waals surface area contributed by atoms with Crippen molar-refractivity contribution in [2.75, 3.05) is 31.0 Å². The first-order chi connectivity index (χ1) is 12.3. The third kappa shape index (κ3) is 2.94. The van der Waals surface area contributed by atoms with Crippen molar-refractivity contribution in [1.29, 1.82) is 0 Å². The van der Waals surface area contributed by atoms with Crippen molar-refractivity contribution in [2.24, 2.45) is 5.92 Å². The Hall–Kier alpha value is -1.18. The molecule has 2 aliphatic heterocycles. The summed E-state index contributed by atoms with van der Waals surface area (Å²) in [5.74, 6) is 0.402. The van der Waals surface area contributed by atoms with Gasteiger partial charge in [-0.1, -0.05) is 12.5 Å². The van der Waals surface area contributed by atoms with Crippen LogP contribution >= 0.6 is 0 Å². The summed E-state index contributed by atoms with van der Waals surface area (Å²) in [5, 5.41) is 0. The van der Waals surface area contributed by atoms with Crippen molar-refractivity contribution in [2.45, 2.75) is 50.6 Å².